The van der Waals surface area contributed by atoms with E-state index >= 15 is 0 Å². The predicted molar refractivity (Wildman–Crippen MR) is 119 cm³/mol. The molecule has 0 bridgehead atoms. The van der Waals surface area contributed by atoms with Gasteiger partial charge in [-0.05, 0) is 65.2 Å². The molecule has 0 amide bonds. The number of thiazole rings is 1. The molecular weight excluding hydrogens is 466 g/mol. The molecule has 8 heteroatoms. The molecule has 0 radical (unpaired) electrons. The summed E-state index contributed by atoms with van der Waals surface area (Å²) >= 11 is 4.33. The van der Waals surface area contributed by atoms with Crippen molar-refractivity contribution in [3.63, 3.8) is 0 Å². The number of ether oxygens (including phenoxy) is 1. The summed E-state index contributed by atoms with van der Waals surface area (Å²) in [5.41, 5.74) is 2.65. The number of benzene rings is 2. The van der Waals surface area contributed by atoms with Crippen molar-refractivity contribution in [1.29, 1.82) is 10.5 Å². The third-order valence-corrected chi connectivity index (χ3v) is 6.12. The van der Waals surface area contributed by atoms with E-state index in [1.54, 1.807) is 24.3 Å². The molecule has 6 nitrogen and oxygen atoms in total. The lowest BCUT2D eigenvalue weighted by molar-refractivity contribution is 0.372. The number of nitrogens with zero attached hydrogens (tertiary/aromatic N) is 3. The fourth-order valence-corrected chi connectivity index (χ4v) is 4.54. The number of halogens is 1. The van der Waals surface area contributed by atoms with Crippen LogP contribution >= 0.6 is 27.3 Å². The standard InChI is InChI=1S/C22H16BrN3O3S/c1-12-4-5-17(13(2)6-12)26-21(28)19(30-22(26)15(10-24)11-25)9-14-7-16(23)20(27)18(8-14)29-3/h4-9,27H,1-3H3/b19-9+. The Labute approximate surface area is 185 Å². The zero-order chi connectivity index (χ0) is 22.0. The van der Waals surface area contributed by atoms with E-state index < -0.39 is 0 Å². The molecule has 3 rings (SSSR count). The third kappa shape index (κ3) is 3.88. The summed E-state index contributed by atoms with van der Waals surface area (Å²) in [5, 5.41) is 28.8. The number of nitriles is 2. The van der Waals surface area contributed by atoms with E-state index in [0.29, 0.717) is 20.3 Å². The first-order valence-electron chi connectivity index (χ1n) is 8.73. The Morgan fingerprint density at radius 1 is 1.23 bits per heavy atom. The summed E-state index contributed by atoms with van der Waals surface area (Å²) in [6.45, 7) is 3.82. The summed E-state index contributed by atoms with van der Waals surface area (Å²) < 4.78 is 7.59. The maximum Gasteiger partial charge on any atom is 0.273 e. The van der Waals surface area contributed by atoms with E-state index in [9.17, 15) is 20.4 Å². The largest absolute Gasteiger partial charge is 0.503 e. The Hall–Kier alpha value is -3.33. The lowest BCUT2D eigenvalue weighted by Gasteiger charge is -2.07. The number of rotatable bonds is 3. The number of hydrogen-bond acceptors (Lipinski definition) is 6. The van der Waals surface area contributed by atoms with Gasteiger partial charge in [0.1, 0.15) is 16.8 Å². The molecule has 1 heterocycles. The molecule has 1 aromatic heterocycles. The Balaban J connectivity index is 2.41. The summed E-state index contributed by atoms with van der Waals surface area (Å²) in [4.78, 5) is 13.3. The number of hydrogen-bond donors (Lipinski definition) is 1. The summed E-state index contributed by atoms with van der Waals surface area (Å²) in [5.74, 6) is 0.210. The lowest BCUT2D eigenvalue weighted by atomic mass is 10.1. The minimum atomic E-state index is -0.340. The fraction of sp³-hybridized carbons (Fsp3) is 0.136. The van der Waals surface area contributed by atoms with Gasteiger partial charge in [-0.15, -0.1) is 11.3 Å². The predicted octanol–water partition coefficient (Wildman–Crippen LogP) is 3.02. The smallest absolute Gasteiger partial charge is 0.273 e. The van der Waals surface area contributed by atoms with Crippen LogP contribution in [0.3, 0.4) is 0 Å². The highest BCUT2D eigenvalue weighted by Crippen LogP contribution is 2.35. The monoisotopic (exact) mass is 481 g/mol. The molecule has 2 aromatic carbocycles. The Morgan fingerprint density at radius 3 is 2.53 bits per heavy atom. The van der Waals surface area contributed by atoms with Crippen LogP contribution < -0.4 is 19.5 Å². The van der Waals surface area contributed by atoms with Gasteiger partial charge in [0.15, 0.2) is 17.1 Å². The van der Waals surface area contributed by atoms with Crippen molar-refractivity contribution in [2.24, 2.45) is 0 Å². The van der Waals surface area contributed by atoms with E-state index in [-0.39, 0.29) is 27.3 Å². The quantitative estimate of drug-likeness (QED) is 0.619. The van der Waals surface area contributed by atoms with Gasteiger partial charge >= 0.3 is 0 Å². The number of methoxy groups -OCH3 is 1. The van der Waals surface area contributed by atoms with Crippen molar-refractivity contribution in [2.45, 2.75) is 13.8 Å². The van der Waals surface area contributed by atoms with Gasteiger partial charge in [-0.2, -0.15) is 10.5 Å². The van der Waals surface area contributed by atoms with Crippen molar-refractivity contribution in [2.75, 3.05) is 7.11 Å². The molecular formula is C22H16BrN3O3S. The molecule has 1 N–H and O–H groups in total. The first-order chi connectivity index (χ1) is 14.3. The van der Waals surface area contributed by atoms with Crippen LogP contribution in [-0.4, -0.2) is 16.8 Å². The topological polar surface area (TPSA) is 99.0 Å². The van der Waals surface area contributed by atoms with E-state index in [0.717, 1.165) is 22.5 Å². The lowest BCUT2D eigenvalue weighted by Crippen LogP contribution is -2.31. The summed E-state index contributed by atoms with van der Waals surface area (Å²) in [6, 6.07) is 12.6. The van der Waals surface area contributed by atoms with Crippen LogP contribution in [0.4, 0.5) is 0 Å². The van der Waals surface area contributed by atoms with Gasteiger partial charge in [-0.1, -0.05) is 17.7 Å². The van der Waals surface area contributed by atoms with Gasteiger partial charge in [0.05, 0.1) is 21.8 Å². The molecule has 0 unspecified atom stereocenters. The molecule has 0 saturated carbocycles. The van der Waals surface area contributed by atoms with Crippen LogP contribution in [0.15, 0.2) is 39.6 Å². The van der Waals surface area contributed by atoms with Crippen molar-refractivity contribution < 1.29 is 9.84 Å². The maximum atomic E-state index is 13.3. The molecule has 0 aliphatic rings. The minimum Gasteiger partial charge on any atom is -0.503 e. The molecule has 0 saturated heterocycles. The van der Waals surface area contributed by atoms with Crippen LogP contribution in [0.5, 0.6) is 11.5 Å². The highest BCUT2D eigenvalue weighted by molar-refractivity contribution is 9.10. The number of phenols is 1. The molecule has 0 aliphatic heterocycles. The molecule has 30 heavy (non-hydrogen) atoms. The molecule has 0 aliphatic carbocycles. The number of aromatic nitrogens is 1. The summed E-state index contributed by atoms with van der Waals surface area (Å²) in [6.07, 6.45) is 1.63. The Bertz CT molecular complexity index is 1410. The molecule has 0 fully saturated rings. The van der Waals surface area contributed by atoms with Crippen LogP contribution in [-0.2, 0) is 0 Å². The van der Waals surface area contributed by atoms with Crippen LogP contribution in [0.1, 0.15) is 16.7 Å². The van der Waals surface area contributed by atoms with Crippen molar-refractivity contribution in [3.05, 3.63) is 71.0 Å². The molecule has 3 aromatic rings. The fourth-order valence-electron chi connectivity index (χ4n) is 3.03. The molecule has 0 atom stereocenters. The van der Waals surface area contributed by atoms with Gasteiger partial charge in [-0.3, -0.25) is 9.36 Å². The zero-order valence-corrected chi connectivity index (χ0v) is 18.8. The van der Waals surface area contributed by atoms with E-state index in [2.05, 4.69) is 15.9 Å². The average molecular weight is 482 g/mol. The van der Waals surface area contributed by atoms with E-state index in [1.807, 2.05) is 38.1 Å². The van der Waals surface area contributed by atoms with Gasteiger partial charge < -0.3 is 9.84 Å². The van der Waals surface area contributed by atoms with Gasteiger partial charge in [0.25, 0.3) is 5.56 Å². The van der Waals surface area contributed by atoms with Crippen LogP contribution in [0.25, 0.3) is 17.3 Å². The first-order valence-corrected chi connectivity index (χ1v) is 10.3. The number of phenolic OH excluding ortho intramolecular Hbond substituents is 1. The highest BCUT2D eigenvalue weighted by Gasteiger charge is 2.14. The molecule has 0 spiro atoms. The second kappa shape index (κ2) is 8.58. The van der Waals surface area contributed by atoms with Gasteiger partial charge in [-0.25, -0.2) is 0 Å². The van der Waals surface area contributed by atoms with Gasteiger partial charge in [0, 0.05) is 0 Å². The minimum absolute atomic E-state index is 0.0428. The second-order valence-corrected chi connectivity index (χ2v) is 8.38. The average Bonchev–Trinajstić information content (AvgIpc) is 3.01. The number of aromatic hydroxyl groups is 1. The van der Waals surface area contributed by atoms with Crippen LogP contribution in [0, 0.1) is 36.5 Å². The van der Waals surface area contributed by atoms with Crippen LogP contribution in [0.2, 0.25) is 0 Å². The third-order valence-electron chi connectivity index (χ3n) is 4.42. The Kier molecular flexibility index (Phi) is 6.12. The second-order valence-electron chi connectivity index (χ2n) is 6.50. The highest BCUT2D eigenvalue weighted by atomic mass is 79.9. The summed E-state index contributed by atoms with van der Waals surface area (Å²) in [7, 11) is 1.43. The zero-order valence-electron chi connectivity index (χ0n) is 16.4. The van der Waals surface area contributed by atoms with E-state index in [4.69, 9.17) is 4.74 Å². The molecule has 150 valence electrons. The number of aryl methyl sites for hydroxylation is 2. The van der Waals surface area contributed by atoms with Crippen molar-refractivity contribution in [3.8, 4) is 29.3 Å². The van der Waals surface area contributed by atoms with Crippen molar-refractivity contribution >= 4 is 38.9 Å². The SMILES string of the molecule is COc1cc(/C=c2/sc(=C(C#N)C#N)n(-c3ccc(C)cc3C)c2=O)cc(Br)c1O. The van der Waals surface area contributed by atoms with E-state index in [1.165, 1.54) is 11.7 Å². The maximum absolute atomic E-state index is 13.3. The normalized spacial score (nSPS) is 11.1. The Morgan fingerprint density at radius 2 is 1.93 bits per heavy atom. The van der Waals surface area contributed by atoms with Gasteiger partial charge in [0.2, 0.25) is 0 Å². The first kappa shape index (κ1) is 21.4. The van der Waals surface area contributed by atoms with Crippen molar-refractivity contribution in [1.82, 2.24) is 4.57 Å².